The van der Waals surface area contributed by atoms with E-state index in [-0.39, 0.29) is 5.54 Å². The van der Waals surface area contributed by atoms with Crippen molar-refractivity contribution in [2.24, 2.45) is 17.6 Å². The summed E-state index contributed by atoms with van der Waals surface area (Å²) in [4.78, 5) is 4.38. The van der Waals surface area contributed by atoms with Gasteiger partial charge in [0.05, 0.1) is 0 Å². The van der Waals surface area contributed by atoms with E-state index in [1.807, 2.05) is 13.1 Å². The van der Waals surface area contributed by atoms with Crippen molar-refractivity contribution in [1.29, 1.82) is 0 Å². The summed E-state index contributed by atoms with van der Waals surface area (Å²) in [5.74, 6) is 1.27. The van der Waals surface area contributed by atoms with Crippen molar-refractivity contribution >= 4 is 0 Å². The van der Waals surface area contributed by atoms with Gasteiger partial charge < -0.3 is 5.73 Å². The van der Waals surface area contributed by atoms with Gasteiger partial charge in [0, 0.05) is 17.4 Å². The number of pyridine rings is 1. The predicted octanol–water partition coefficient (Wildman–Crippen LogP) is 3.00. The number of nitrogens with zero attached hydrogens (tertiary/aromatic N) is 1. The SMILES string of the molecule is Cc1ccc(C2(N)CC(C)CCC2C)cn1. The van der Waals surface area contributed by atoms with Crippen LogP contribution in [-0.2, 0) is 5.54 Å². The minimum atomic E-state index is -0.168. The molecule has 1 saturated carbocycles. The maximum atomic E-state index is 6.62. The molecule has 2 N–H and O–H groups in total. The lowest BCUT2D eigenvalue weighted by atomic mass is 9.67. The minimum absolute atomic E-state index is 0.168. The molecule has 3 atom stereocenters. The Morgan fingerprint density at radius 1 is 1.31 bits per heavy atom. The molecule has 1 aromatic rings. The average Bonchev–Trinajstić information content (AvgIpc) is 2.25. The van der Waals surface area contributed by atoms with E-state index in [4.69, 9.17) is 5.73 Å². The summed E-state index contributed by atoms with van der Waals surface area (Å²) in [6.07, 6.45) is 5.58. The smallest absolute Gasteiger partial charge is 0.0453 e. The highest BCUT2D eigenvalue weighted by molar-refractivity contribution is 5.24. The van der Waals surface area contributed by atoms with Gasteiger partial charge in [0.2, 0.25) is 0 Å². The molecule has 0 amide bonds. The van der Waals surface area contributed by atoms with Gasteiger partial charge in [-0.2, -0.15) is 0 Å². The largest absolute Gasteiger partial charge is 0.321 e. The zero-order chi connectivity index (χ0) is 11.8. The number of hydrogen-bond acceptors (Lipinski definition) is 2. The first-order valence-corrected chi connectivity index (χ1v) is 6.24. The van der Waals surface area contributed by atoms with Gasteiger partial charge in [-0.1, -0.05) is 26.3 Å². The van der Waals surface area contributed by atoms with Crippen LogP contribution in [0.2, 0.25) is 0 Å². The maximum Gasteiger partial charge on any atom is 0.0453 e. The predicted molar refractivity (Wildman–Crippen MR) is 67.0 cm³/mol. The lowest BCUT2D eigenvalue weighted by Gasteiger charge is -2.42. The van der Waals surface area contributed by atoms with Crippen molar-refractivity contribution in [3.05, 3.63) is 29.6 Å². The highest BCUT2D eigenvalue weighted by Gasteiger charge is 2.38. The van der Waals surface area contributed by atoms with Crippen molar-refractivity contribution in [3.8, 4) is 0 Å². The summed E-state index contributed by atoms with van der Waals surface area (Å²) in [6.45, 7) is 6.58. The van der Waals surface area contributed by atoms with E-state index in [1.165, 1.54) is 18.4 Å². The van der Waals surface area contributed by atoms with Crippen LogP contribution < -0.4 is 5.73 Å². The first-order valence-electron chi connectivity index (χ1n) is 6.24. The van der Waals surface area contributed by atoms with Crippen LogP contribution in [0.5, 0.6) is 0 Å². The van der Waals surface area contributed by atoms with Crippen LogP contribution in [0.1, 0.15) is 44.4 Å². The average molecular weight is 218 g/mol. The second-order valence-electron chi connectivity index (χ2n) is 5.52. The van der Waals surface area contributed by atoms with E-state index in [0.29, 0.717) is 5.92 Å². The van der Waals surface area contributed by atoms with Gasteiger partial charge in [-0.15, -0.1) is 0 Å². The van der Waals surface area contributed by atoms with Gasteiger partial charge in [0.1, 0.15) is 0 Å². The fourth-order valence-electron chi connectivity index (χ4n) is 2.82. The summed E-state index contributed by atoms with van der Waals surface area (Å²) in [7, 11) is 0. The summed E-state index contributed by atoms with van der Waals surface area (Å²) < 4.78 is 0. The number of aromatic nitrogens is 1. The maximum absolute atomic E-state index is 6.62. The molecule has 0 radical (unpaired) electrons. The van der Waals surface area contributed by atoms with Crippen LogP contribution in [0.3, 0.4) is 0 Å². The standard InChI is InChI=1S/C14H22N2/c1-10-4-5-11(2)14(15,8-10)13-7-6-12(3)16-9-13/h6-7,9-11H,4-5,8,15H2,1-3H3. The molecule has 0 aliphatic heterocycles. The van der Waals surface area contributed by atoms with E-state index >= 15 is 0 Å². The molecule has 88 valence electrons. The Morgan fingerprint density at radius 3 is 2.69 bits per heavy atom. The fourth-order valence-corrected chi connectivity index (χ4v) is 2.82. The fraction of sp³-hybridized carbons (Fsp3) is 0.643. The number of nitrogens with two attached hydrogens (primary N) is 1. The first kappa shape index (κ1) is 11.6. The summed E-state index contributed by atoms with van der Waals surface area (Å²) in [5, 5.41) is 0. The summed E-state index contributed by atoms with van der Waals surface area (Å²) >= 11 is 0. The third-order valence-corrected chi connectivity index (χ3v) is 4.11. The molecule has 3 unspecified atom stereocenters. The van der Waals surface area contributed by atoms with Crippen molar-refractivity contribution in [1.82, 2.24) is 4.98 Å². The third-order valence-electron chi connectivity index (χ3n) is 4.11. The Balaban J connectivity index is 2.32. The molecule has 2 heteroatoms. The molecule has 2 rings (SSSR count). The Kier molecular flexibility index (Phi) is 3.02. The minimum Gasteiger partial charge on any atom is -0.321 e. The second-order valence-corrected chi connectivity index (χ2v) is 5.52. The number of rotatable bonds is 1. The molecule has 0 aromatic carbocycles. The van der Waals surface area contributed by atoms with Crippen molar-refractivity contribution < 1.29 is 0 Å². The normalized spacial score (nSPS) is 35.0. The van der Waals surface area contributed by atoms with Gasteiger partial charge >= 0.3 is 0 Å². The molecule has 0 saturated heterocycles. The van der Waals surface area contributed by atoms with Crippen LogP contribution >= 0.6 is 0 Å². The van der Waals surface area contributed by atoms with Gasteiger partial charge in [-0.05, 0) is 43.2 Å². The van der Waals surface area contributed by atoms with Gasteiger partial charge in [-0.25, -0.2) is 0 Å². The van der Waals surface area contributed by atoms with Gasteiger partial charge in [0.15, 0.2) is 0 Å². The monoisotopic (exact) mass is 218 g/mol. The zero-order valence-electron chi connectivity index (χ0n) is 10.5. The second kappa shape index (κ2) is 4.17. The van der Waals surface area contributed by atoms with Crippen LogP contribution in [0.25, 0.3) is 0 Å². The number of hydrogen-bond donors (Lipinski definition) is 1. The van der Waals surface area contributed by atoms with E-state index in [9.17, 15) is 0 Å². The summed E-state index contributed by atoms with van der Waals surface area (Å²) in [6, 6.07) is 4.22. The molecule has 1 aliphatic rings. The molecule has 1 aromatic heterocycles. The highest BCUT2D eigenvalue weighted by atomic mass is 14.8. The van der Waals surface area contributed by atoms with Crippen molar-refractivity contribution in [2.45, 2.75) is 45.6 Å². The van der Waals surface area contributed by atoms with E-state index in [2.05, 4.69) is 31.0 Å². The Morgan fingerprint density at radius 2 is 2.06 bits per heavy atom. The van der Waals surface area contributed by atoms with E-state index in [0.717, 1.165) is 18.0 Å². The molecule has 0 spiro atoms. The Hall–Kier alpha value is -0.890. The van der Waals surface area contributed by atoms with Crippen molar-refractivity contribution in [3.63, 3.8) is 0 Å². The molecule has 1 fully saturated rings. The quantitative estimate of drug-likeness (QED) is 0.787. The van der Waals surface area contributed by atoms with Crippen molar-refractivity contribution in [2.75, 3.05) is 0 Å². The lowest BCUT2D eigenvalue weighted by molar-refractivity contribution is 0.161. The molecule has 2 nitrogen and oxygen atoms in total. The molecule has 1 aliphatic carbocycles. The lowest BCUT2D eigenvalue weighted by Crippen LogP contribution is -2.47. The van der Waals surface area contributed by atoms with E-state index in [1.54, 1.807) is 0 Å². The third kappa shape index (κ3) is 1.99. The van der Waals surface area contributed by atoms with E-state index < -0.39 is 0 Å². The van der Waals surface area contributed by atoms with Crippen LogP contribution in [0.4, 0.5) is 0 Å². The molecular weight excluding hydrogens is 196 g/mol. The summed E-state index contributed by atoms with van der Waals surface area (Å²) in [5.41, 5.74) is 8.72. The molecule has 0 bridgehead atoms. The topological polar surface area (TPSA) is 38.9 Å². The Bertz CT molecular complexity index is 358. The van der Waals surface area contributed by atoms with Crippen LogP contribution in [-0.4, -0.2) is 4.98 Å². The Labute approximate surface area is 98.3 Å². The molecule has 16 heavy (non-hydrogen) atoms. The van der Waals surface area contributed by atoms with Gasteiger partial charge in [-0.3, -0.25) is 4.98 Å². The highest BCUT2D eigenvalue weighted by Crippen LogP contribution is 2.41. The molecular formula is C14H22N2. The van der Waals surface area contributed by atoms with Crippen LogP contribution in [0, 0.1) is 18.8 Å². The zero-order valence-corrected chi connectivity index (χ0v) is 10.5. The number of aryl methyl sites for hydroxylation is 1. The van der Waals surface area contributed by atoms with Gasteiger partial charge in [0.25, 0.3) is 0 Å². The van der Waals surface area contributed by atoms with Crippen LogP contribution in [0.15, 0.2) is 18.3 Å². The first-order chi connectivity index (χ1) is 7.52. The molecule has 1 heterocycles.